The van der Waals surface area contributed by atoms with Crippen molar-refractivity contribution in [3.63, 3.8) is 0 Å². The first kappa shape index (κ1) is 16.8. The van der Waals surface area contributed by atoms with E-state index in [0.29, 0.717) is 6.04 Å². The minimum atomic E-state index is 0.293. The first-order valence-corrected chi connectivity index (χ1v) is 7.31. The predicted molar refractivity (Wildman–Crippen MR) is 83.8 cm³/mol. The second-order valence-corrected chi connectivity index (χ2v) is 4.85. The highest BCUT2D eigenvalue weighted by Crippen LogP contribution is 2.30. The molecule has 20 heavy (non-hydrogen) atoms. The van der Waals surface area contributed by atoms with E-state index in [0.717, 1.165) is 31.1 Å². The third-order valence-electron chi connectivity index (χ3n) is 3.59. The van der Waals surface area contributed by atoms with Gasteiger partial charge in [0.25, 0.3) is 0 Å². The number of hydrogen-bond acceptors (Lipinski definition) is 4. The van der Waals surface area contributed by atoms with Crippen molar-refractivity contribution in [1.82, 2.24) is 10.2 Å². The van der Waals surface area contributed by atoms with Crippen molar-refractivity contribution in [1.29, 1.82) is 0 Å². The van der Waals surface area contributed by atoms with E-state index < -0.39 is 0 Å². The maximum atomic E-state index is 5.38. The molecule has 0 spiro atoms. The SMILES string of the molecule is CCCN(CC)CC(NC)c1ccc(OC)c(OC)c1. The van der Waals surface area contributed by atoms with Gasteiger partial charge in [-0.15, -0.1) is 0 Å². The molecule has 1 aromatic rings. The van der Waals surface area contributed by atoms with Gasteiger partial charge in [0.15, 0.2) is 11.5 Å². The maximum Gasteiger partial charge on any atom is 0.161 e. The average molecular weight is 280 g/mol. The van der Waals surface area contributed by atoms with Gasteiger partial charge in [-0.05, 0) is 44.3 Å². The molecule has 0 fully saturated rings. The van der Waals surface area contributed by atoms with E-state index in [-0.39, 0.29) is 0 Å². The number of hydrogen-bond donors (Lipinski definition) is 1. The van der Waals surface area contributed by atoms with E-state index in [1.54, 1.807) is 14.2 Å². The van der Waals surface area contributed by atoms with Gasteiger partial charge >= 0.3 is 0 Å². The van der Waals surface area contributed by atoms with Crippen molar-refractivity contribution < 1.29 is 9.47 Å². The molecule has 0 amide bonds. The minimum Gasteiger partial charge on any atom is -0.493 e. The van der Waals surface area contributed by atoms with Crippen LogP contribution in [-0.2, 0) is 0 Å². The summed E-state index contributed by atoms with van der Waals surface area (Å²) in [5.41, 5.74) is 1.22. The zero-order chi connectivity index (χ0) is 15.0. The van der Waals surface area contributed by atoms with Crippen LogP contribution in [-0.4, -0.2) is 45.8 Å². The zero-order valence-electron chi connectivity index (χ0n) is 13.4. The van der Waals surface area contributed by atoms with Crippen molar-refractivity contribution in [2.45, 2.75) is 26.3 Å². The van der Waals surface area contributed by atoms with Crippen LogP contribution in [0.25, 0.3) is 0 Å². The molecule has 0 radical (unpaired) electrons. The maximum absolute atomic E-state index is 5.38. The van der Waals surface area contributed by atoms with E-state index in [1.165, 1.54) is 12.0 Å². The number of rotatable bonds is 9. The summed E-state index contributed by atoms with van der Waals surface area (Å²) >= 11 is 0. The van der Waals surface area contributed by atoms with Gasteiger partial charge in [0, 0.05) is 12.6 Å². The summed E-state index contributed by atoms with van der Waals surface area (Å²) < 4.78 is 10.7. The fourth-order valence-electron chi connectivity index (χ4n) is 2.39. The molecule has 0 heterocycles. The highest BCUT2D eigenvalue weighted by Gasteiger charge is 2.15. The van der Waals surface area contributed by atoms with Gasteiger partial charge in [0.1, 0.15) is 0 Å². The molecule has 4 nitrogen and oxygen atoms in total. The number of nitrogens with one attached hydrogen (secondary N) is 1. The topological polar surface area (TPSA) is 33.7 Å². The number of ether oxygens (including phenoxy) is 2. The molecule has 114 valence electrons. The Morgan fingerprint density at radius 3 is 2.35 bits per heavy atom. The minimum absolute atomic E-state index is 0.293. The van der Waals surface area contributed by atoms with Crippen LogP contribution in [0.5, 0.6) is 11.5 Å². The van der Waals surface area contributed by atoms with E-state index in [9.17, 15) is 0 Å². The molecule has 1 N–H and O–H groups in total. The smallest absolute Gasteiger partial charge is 0.161 e. The molecule has 1 aromatic carbocycles. The summed E-state index contributed by atoms with van der Waals surface area (Å²) in [5.74, 6) is 1.55. The standard InChI is InChI=1S/C16H28N2O2/c1-6-10-18(7-2)12-14(17-3)13-8-9-15(19-4)16(11-13)20-5/h8-9,11,14,17H,6-7,10,12H2,1-5H3. The lowest BCUT2D eigenvalue weighted by atomic mass is 10.1. The summed E-state index contributed by atoms with van der Waals surface area (Å²) in [6.45, 7) is 7.61. The van der Waals surface area contributed by atoms with Crippen LogP contribution in [0.3, 0.4) is 0 Å². The molecule has 1 rings (SSSR count). The Morgan fingerprint density at radius 2 is 1.85 bits per heavy atom. The van der Waals surface area contributed by atoms with Gasteiger partial charge in [-0.25, -0.2) is 0 Å². The van der Waals surface area contributed by atoms with Gasteiger partial charge in [-0.1, -0.05) is 19.9 Å². The van der Waals surface area contributed by atoms with Crippen LogP contribution < -0.4 is 14.8 Å². The molecular formula is C16H28N2O2. The molecule has 0 aliphatic heterocycles. The molecule has 0 bridgehead atoms. The molecule has 4 heteroatoms. The second kappa shape index (κ2) is 8.82. The monoisotopic (exact) mass is 280 g/mol. The third-order valence-corrected chi connectivity index (χ3v) is 3.59. The Morgan fingerprint density at radius 1 is 1.15 bits per heavy atom. The van der Waals surface area contributed by atoms with Crippen LogP contribution in [0.4, 0.5) is 0 Å². The molecule has 1 unspecified atom stereocenters. The summed E-state index contributed by atoms with van der Waals surface area (Å²) in [5, 5.41) is 3.39. The number of methoxy groups -OCH3 is 2. The normalized spacial score (nSPS) is 12.5. The lowest BCUT2D eigenvalue weighted by molar-refractivity contribution is 0.258. The lowest BCUT2D eigenvalue weighted by Crippen LogP contribution is -2.34. The fourth-order valence-corrected chi connectivity index (χ4v) is 2.39. The fraction of sp³-hybridized carbons (Fsp3) is 0.625. The van der Waals surface area contributed by atoms with Crippen molar-refractivity contribution >= 4 is 0 Å². The van der Waals surface area contributed by atoms with Crippen LogP contribution in [0.2, 0.25) is 0 Å². The number of nitrogens with zero attached hydrogens (tertiary/aromatic N) is 1. The third kappa shape index (κ3) is 4.39. The Labute approximate surface area is 123 Å². The zero-order valence-corrected chi connectivity index (χ0v) is 13.4. The van der Waals surface area contributed by atoms with Gasteiger partial charge in [-0.3, -0.25) is 0 Å². The van der Waals surface area contributed by atoms with Crippen molar-refractivity contribution in [2.75, 3.05) is 40.9 Å². The predicted octanol–water partition coefficient (Wildman–Crippen LogP) is 2.70. The lowest BCUT2D eigenvalue weighted by Gasteiger charge is -2.26. The van der Waals surface area contributed by atoms with Crippen molar-refractivity contribution in [2.24, 2.45) is 0 Å². The van der Waals surface area contributed by atoms with E-state index >= 15 is 0 Å². The summed E-state index contributed by atoms with van der Waals surface area (Å²) in [4.78, 5) is 2.46. The van der Waals surface area contributed by atoms with E-state index in [2.05, 4.69) is 36.2 Å². The van der Waals surface area contributed by atoms with Gasteiger partial charge < -0.3 is 19.7 Å². The van der Waals surface area contributed by atoms with Gasteiger partial charge in [0.2, 0.25) is 0 Å². The van der Waals surface area contributed by atoms with Crippen LogP contribution >= 0.6 is 0 Å². The summed E-state index contributed by atoms with van der Waals surface area (Å²) in [6.07, 6.45) is 1.18. The van der Waals surface area contributed by atoms with Crippen molar-refractivity contribution in [3.05, 3.63) is 23.8 Å². The molecule has 1 atom stereocenters. The van der Waals surface area contributed by atoms with E-state index in [1.807, 2.05) is 13.1 Å². The molecule has 0 aliphatic carbocycles. The summed E-state index contributed by atoms with van der Waals surface area (Å²) in [6, 6.07) is 6.41. The second-order valence-electron chi connectivity index (χ2n) is 4.85. The Hall–Kier alpha value is -1.26. The molecule has 0 aliphatic rings. The Bertz CT molecular complexity index is 396. The number of benzene rings is 1. The largest absolute Gasteiger partial charge is 0.493 e. The first-order valence-electron chi connectivity index (χ1n) is 7.31. The summed E-state index contributed by atoms with van der Waals surface area (Å²) in [7, 11) is 5.33. The molecule has 0 aromatic heterocycles. The molecule has 0 saturated carbocycles. The quantitative estimate of drug-likeness (QED) is 0.754. The van der Waals surface area contributed by atoms with Crippen molar-refractivity contribution in [3.8, 4) is 11.5 Å². The highest BCUT2D eigenvalue weighted by molar-refractivity contribution is 5.43. The van der Waals surface area contributed by atoms with Crippen LogP contribution in [0, 0.1) is 0 Å². The first-order chi connectivity index (χ1) is 9.69. The highest BCUT2D eigenvalue weighted by atomic mass is 16.5. The number of likely N-dealkylation sites (N-methyl/N-ethyl adjacent to an activating group) is 2. The Kier molecular flexibility index (Phi) is 7.41. The molecule has 0 saturated heterocycles. The van der Waals surface area contributed by atoms with Crippen LogP contribution in [0.15, 0.2) is 18.2 Å². The van der Waals surface area contributed by atoms with Gasteiger partial charge in [0.05, 0.1) is 14.2 Å². The average Bonchev–Trinajstić information content (AvgIpc) is 2.50. The van der Waals surface area contributed by atoms with Gasteiger partial charge in [-0.2, -0.15) is 0 Å². The van der Waals surface area contributed by atoms with Crippen LogP contribution in [0.1, 0.15) is 31.9 Å². The Balaban J connectivity index is 2.88. The molecular weight excluding hydrogens is 252 g/mol. The van der Waals surface area contributed by atoms with E-state index in [4.69, 9.17) is 9.47 Å².